The molecule has 2 aromatic carbocycles. The molecule has 1 N–H and O–H groups in total. The largest absolute Gasteiger partial charge is 0.452 e. The Balaban J connectivity index is 1.72. The third-order valence-corrected chi connectivity index (χ3v) is 3.91. The van der Waals surface area contributed by atoms with Gasteiger partial charge in [-0.1, -0.05) is 30.0 Å². The van der Waals surface area contributed by atoms with Gasteiger partial charge in [0.25, 0.3) is 5.91 Å². The predicted molar refractivity (Wildman–Crippen MR) is 95.5 cm³/mol. The van der Waals surface area contributed by atoms with Crippen LogP contribution in [0.5, 0.6) is 11.5 Å². The van der Waals surface area contributed by atoms with Crippen LogP contribution >= 0.6 is 0 Å². The van der Waals surface area contributed by atoms with E-state index in [1.54, 1.807) is 24.0 Å². The first kappa shape index (κ1) is 15.8. The third-order valence-electron chi connectivity index (χ3n) is 3.91. The number of hydrogen-bond donors (Lipinski definition) is 1. The molecule has 0 fully saturated rings. The van der Waals surface area contributed by atoms with Gasteiger partial charge >= 0.3 is 0 Å². The second-order valence-electron chi connectivity index (χ2n) is 5.54. The van der Waals surface area contributed by atoms with E-state index < -0.39 is 0 Å². The highest BCUT2D eigenvalue weighted by Crippen LogP contribution is 2.40. The van der Waals surface area contributed by atoms with Gasteiger partial charge < -0.3 is 14.8 Å². The second kappa shape index (κ2) is 6.65. The van der Waals surface area contributed by atoms with Gasteiger partial charge in [-0.25, -0.2) is 4.68 Å². The van der Waals surface area contributed by atoms with Crippen LogP contribution in [0.2, 0.25) is 0 Å². The number of hydrogen-bond acceptors (Lipinski definition) is 4. The number of carbonyl (C=O) groups is 1. The van der Waals surface area contributed by atoms with Crippen molar-refractivity contribution < 1.29 is 14.3 Å². The molecule has 0 aliphatic carbocycles. The highest BCUT2D eigenvalue weighted by molar-refractivity contribution is 5.91. The second-order valence-corrected chi connectivity index (χ2v) is 5.54. The van der Waals surface area contributed by atoms with Gasteiger partial charge in [-0.3, -0.25) is 4.79 Å². The van der Waals surface area contributed by atoms with E-state index in [9.17, 15) is 4.79 Å². The van der Waals surface area contributed by atoms with Crippen molar-refractivity contribution in [2.45, 2.75) is 0 Å². The number of amides is 1. The van der Waals surface area contributed by atoms with Gasteiger partial charge in [-0.05, 0) is 30.3 Å². The minimum Gasteiger partial charge on any atom is -0.452 e. The van der Waals surface area contributed by atoms with Gasteiger partial charge in [-0.15, -0.1) is 0 Å². The molecule has 0 saturated carbocycles. The van der Waals surface area contributed by atoms with Crippen molar-refractivity contribution in [1.29, 1.82) is 0 Å². The van der Waals surface area contributed by atoms with Crippen LogP contribution in [0.4, 0.5) is 0 Å². The first-order chi connectivity index (χ1) is 12.8. The van der Waals surface area contributed by atoms with Crippen molar-refractivity contribution in [3.05, 3.63) is 71.5 Å². The van der Waals surface area contributed by atoms with E-state index in [-0.39, 0.29) is 12.7 Å². The van der Waals surface area contributed by atoms with Crippen LogP contribution in [0.25, 0.3) is 5.69 Å². The minimum atomic E-state index is -0.247. The molecule has 1 aromatic heterocycles. The molecule has 0 bridgehead atoms. The lowest BCUT2D eigenvalue weighted by Crippen LogP contribution is -2.18. The Morgan fingerprint density at radius 2 is 1.88 bits per heavy atom. The highest BCUT2D eigenvalue weighted by Gasteiger charge is 2.23. The zero-order valence-electron chi connectivity index (χ0n) is 14.0. The fraction of sp³-hybridized carbons (Fsp3) is 0.100. The topological polar surface area (TPSA) is 65.4 Å². The number of benzene rings is 2. The zero-order chi connectivity index (χ0) is 17.9. The molecule has 6 heteroatoms. The van der Waals surface area contributed by atoms with Gasteiger partial charge in [0.05, 0.1) is 5.56 Å². The maximum atomic E-state index is 11.7. The molecule has 4 rings (SSSR count). The van der Waals surface area contributed by atoms with Crippen LogP contribution in [-0.2, 0) is 0 Å². The number of nitrogens with zero attached hydrogens (tertiary/aromatic N) is 2. The summed E-state index contributed by atoms with van der Waals surface area (Å²) in [7, 11) is 1.57. The summed E-state index contributed by atoms with van der Waals surface area (Å²) in [5.74, 6) is 7.14. The molecule has 2 heterocycles. The molecule has 6 nitrogen and oxygen atoms in total. The Hall–Kier alpha value is -3.72. The van der Waals surface area contributed by atoms with Crippen molar-refractivity contribution in [2.75, 3.05) is 13.8 Å². The van der Waals surface area contributed by atoms with E-state index in [0.29, 0.717) is 22.9 Å². The number of rotatable bonds is 2. The molecule has 128 valence electrons. The summed E-state index contributed by atoms with van der Waals surface area (Å²) in [5.41, 5.74) is 2.68. The summed E-state index contributed by atoms with van der Waals surface area (Å²) in [5, 5.41) is 6.84. The standard InChI is InChI=1S/C20H15N3O3/c1-21-20(24)16-11-12-23(22-16)17-10-9-15(18-19(17)26-13-25-18)8-7-14-5-3-2-4-6-14/h2-6,9-12H,13H2,1H3,(H,21,24). The van der Waals surface area contributed by atoms with Crippen LogP contribution in [-0.4, -0.2) is 29.5 Å². The zero-order valence-corrected chi connectivity index (χ0v) is 14.0. The van der Waals surface area contributed by atoms with Crippen molar-refractivity contribution in [1.82, 2.24) is 15.1 Å². The van der Waals surface area contributed by atoms with Gasteiger partial charge in [0.1, 0.15) is 5.69 Å². The van der Waals surface area contributed by atoms with Crippen molar-refractivity contribution in [3.63, 3.8) is 0 Å². The third kappa shape index (κ3) is 2.87. The monoisotopic (exact) mass is 345 g/mol. The molecule has 1 aliphatic rings. The molecule has 0 atom stereocenters. The normalized spacial score (nSPS) is 11.6. The molecule has 0 saturated heterocycles. The Morgan fingerprint density at radius 3 is 2.69 bits per heavy atom. The van der Waals surface area contributed by atoms with Gasteiger partial charge in [0, 0.05) is 18.8 Å². The van der Waals surface area contributed by atoms with Gasteiger partial charge in [0.15, 0.2) is 17.2 Å². The van der Waals surface area contributed by atoms with Gasteiger partial charge in [0.2, 0.25) is 6.79 Å². The summed E-state index contributed by atoms with van der Waals surface area (Å²) < 4.78 is 12.8. The van der Waals surface area contributed by atoms with E-state index in [1.807, 2.05) is 42.5 Å². The fourth-order valence-corrected chi connectivity index (χ4v) is 2.63. The smallest absolute Gasteiger partial charge is 0.271 e. The fourth-order valence-electron chi connectivity index (χ4n) is 2.63. The molecule has 0 radical (unpaired) electrons. The Kier molecular flexibility index (Phi) is 4.04. The van der Waals surface area contributed by atoms with E-state index in [0.717, 1.165) is 11.1 Å². The predicted octanol–water partition coefficient (Wildman–Crippen LogP) is 2.36. The average Bonchev–Trinajstić information content (AvgIpc) is 3.36. The van der Waals surface area contributed by atoms with E-state index >= 15 is 0 Å². The SMILES string of the molecule is CNC(=O)c1ccn(-c2ccc(C#Cc3ccccc3)c3c2OCO3)n1. The van der Waals surface area contributed by atoms with Gasteiger partial charge in [-0.2, -0.15) is 5.10 Å². The quantitative estimate of drug-likeness (QED) is 0.724. The summed E-state index contributed by atoms with van der Waals surface area (Å²) >= 11 is 0. The molecule has 0 spiro atoms. The number of carbonyl (C=O) groups excluding carboxylic acids is 1. The first-order valence-electron chi connectivity index (χ1n) is 8.04. The van der Waals surface area contributed by atoms with E-state index in [1.165, 1.54) is 0 Å². The lowest BCUT2D eigenvalue weighted by molar-refractivity contribution is 0.0957. The minimum absolute atomic E-state index is 0.121. The lowest BCUT2D eigenvalue weighted by Gasteiger charge is -2.07. The number of aromatic nitrogens is 2. The molecule has 0 unspecified atom stereocenters. The maximum Gasteiger partial charge on any atom is 0.271 e. The van der Waals surface area contributed by atoms with Crippen molar-refractivity contribution >= 4 is 5.91 Å². The summed E-state index contributed by atoms with van der Waals surface area (Å²) in [6, 6.07) is 15.1. The van der Waals surface area contributed by atoms with Crippen LogP contribution in [0.15, 0.2) is 54.7 Å². The summed E-state index contributed by atoms with van der Waals surface area (Å²) in [4.78, 5) is 11.7. The van der Waals surface area contributed by atoms with E-state index in [4.69, 9.17) is 9.47 Å². The van der Waals surface area contributed by atoms with Crippen LogP contribution in [0.3, 0.4) is 0 Å². The van der Waals surface area contributed by atoms with Crippen LogP contribution in [0, 0.1) is 11.8 Å². The first-order valence-corrected chi connectivity index (χ1v) is 8.04. The number of nitrogens with one attached hydrogen (secondary N) is 1. The van der Waals surface area contributed by atoms with Crippen molar-refractivity contribution in [3.8, 4) is 29.0 Å². The molecule has 1 aliphatic heterocycles. The molecule has 1 amide bonds. The molecule has 3 aromatic rings. The Bertz CT molecular complexity index is 1030. The number of fused-ring (bicyclic) bond motifs is 1. The van der Waals surface area contributed by atoms with Crippen LogP contribution in [0.1, 0.15) is 21.6 Å². The molecular formula is C20H15N3O3. The van der Waals surface area contributed by atoms with Crippen LogP contribution < -0.4 is 14.8 Å². The Morgan fingerprint density at radius 1 is 1.08 bits per heavy atom. The molecule has 26 heavy (non-hydrogen) atoms. The average molecular weight is 345 g/mol. The van der Waals surface area contributed by atoms with E-state index in [2.05, 4.69) is 22.3 Å². The maximum absolute atomic E-state index is 11.7. The summed E-state index contributed by atoms with van der Waals surface area (Å²) in [6.07, 6.45) is 1.71. The Labute approximate surface area is 150 Å². The van der Waals surface area contributed by atoms with Crippen molar-refractivity contribution in [2.24, 2.45) is 0 Å². The highest BCUT2D eigenvalue weighted by atomic mass is 16.7. The lowest BCUT2D eigenvalue weighted by atomic mass is 10.1. The summed E-state index contributed by atoms with van der Waals surface area (Å²) in [6.45, 7) is 0.121. The molecular weight excluding hydrogens is 330 g/mol. The number of ether oxygens (including phenoxy) is 2.